The van der Waals surface area contributed by atoms with Crippen LogP contribution in [0.4, 0.5) is 4.39 Å². The topological polar surface area (TPSA) is 73.2 Å². The van der Waals surface area contributed by atoms with Crippen LogP contribution in [0.5, 0.6) is 5.88 Å². The van der Waals surface area contributed by atoms with Crippen LogP contribution < -0.4 is 15.6 Å². The molecule has 3 rings (SSSR count). The molecule has 0 bridgehead atoms. The van der Waals surface area contributed by atoms with Crippen molar-refractivity contribution in [1.29, 1.82) is 0 Å². The van der Waals surface area contributed by atoms with Crippen LogP contribution in [-0.4, -0.2) is 21.8 Å². The maximum atomic E-state index is 13.1. The van der Waals surface area contributed by atoms with Gasteiger partial charge in [0.1, 0.15) is 5.82 Å². The Kier molecular flexibility index (Phi) is 6.77. The summed E-state index contributed by atoms with van der Waals surface area (Å²) in [7, 11) is 0. The zero-order valence-electron chi connectivity index (χ0n) is 15.6. The number of carbonyl (C=O) groups excluding carboxylic acids is 1. The quantitative estimate of drug-likeness (QED) is 0.585. The van der Waals surface area contributed by atoms with Gasteiger partial charge in [0, 0.05) is 23.2 Å². The van der Waals surface area contributed by atoms with E-state index in [4.69, 9.17) is 4.74 Å². The molecule has 0 aliphatic rings. The smallest absolute Gasteiger partial charge is 0.271 e. The normalized spacial score (nSPS) is 11.7. The second-order valence-corrected chi connectivity index (χ2v) is 7.18. The van der Waals surface area contributed by atoms with Gasteiger partial charge in [-0.2, -0.15) is 4.68 Å². The first-order chi connectivity index (χ1) is 14.0. The molecule has 1 heterocycles. The average molecular weight is 460 g/mol. The predicted octanol–water partition coefficient (Wildman–Crippen LogP) is 3.61. The van der Waals surface area contributed by atoms with Crippen molar-refractivity contribution in [3.63, 3.8) is 0 Å². The number of amides is 1. The third-order valence-electron chi connectivity index (χ3n) is 4.13. The minimum absolute atomic E-state index is 0.124. The first kappa shape index (κ1) is 20.7. The Morgan fingerprint density at radius 2 is 1.97 bits per heavy atom. The lowest BCUT2D eigenvalue weighted by molar-refractivity contribution is -0.128. The molecule has 0 aliphatic heterocycles. The summed E-state index contributed by atoms with van der Waals surface area (Å²) in [5.41, 5.74) is 0.954. The molecule has 1 amide bonds. The Labute approximate surface area is 175 Å². The number of aromatic nitrogens is 2. The maximum Gasteiger partial charge on any atom is 0.271 e. The number of rotatable bonds is 7. The van der Waals surface area contributed by atoms with Gasteiger partial charge in [-0.25, -0.2) is 4.39 Å². The fourth-order valence-corrected chi connectivity index (χ4v) is 3.09. The van der Waals surface area contributed by atoms with Crippen LogP contribution in [0.3, 0.4) is 0 Å². The summed E-state index contributed by atoms with van der Waals surface area (Å²) < 4.78 is 20.9. The molecule has 150 valence electrons. The first-order valence-electron chi connectivity index (χ1n) is 9.01. The average Bonchev–Trinajstić information content (AvgIpc) is 2.72. The fourth-order valence-electron chi connectivity index (χ4n) is 2.64. The van der Waals surface area contributed by atoms with Crippen molar-refractivity contribution in [1.82, 2.24) is 15.1 Å². The fraction of sp³-hybridized carbons (Fsp3) is 0.190. The molecular formula is C21H19BrFN3O3. The van der Waals surface area contributed by atoms with Crippen molar-refractivity contribution >= 4 is 21.8 Å². The van der Waals surface area contributed by atoms with E-state index < -0.39 is 17.5 Å². The first-order valence-corrected chi connectivity index (χ1v) is 9.80. The highest BCUT2D eigenvalue weighted by Gasteiger charge is 2.19. The number of carbonyl (C=O) groups is 1. The molecule has 1 N–H and O–H groups in total. The molecule has 29 heavy (non-hydrogen) atoms. The summed E-state index contributed by atoms with van der Waals surface area (Å²) in [6.07, 6.45) is -0.351. The Bertz CT molecular complexity index is 1050. The monoisotopic (exact) mass is 459 g/mol. The molecule has 0 aliphatic carbocycles. The van der Waals surface area contributed by atoms with Crippen LogP contribution in [0.2, 0.25) is 0 Å². The number of hydrogen-bond acceptors (Lipinski definition) is 4. The molecule has 3 aromatic rings. The van der Waals surface area contributed by atoms with Gasteiger partial charge in [0.15, 0.2) is 6.10 Å². The molecule has 1 unspecified atom stereocenters. The highest BCUT2D eigenvalue weighted by Crippen LogP contribution is 2.13. The molecule has 1 atom stereocenters. The molecule has 1 aromatic heterocycles. The Morgan fingerprint density at radius 1 is 1.21 bits per heavy atom. The van der Waals surface area contributed by atoms with E-state index in [1.54, 1.807) is 0 Å². The molecule has 0 fully saturated rings. The summed E-state index contributed by atoms with van der Waals surface area (Å²) in [6.45, 7) is 2.18. The lowest BCUT2D eigenvalue weighted by Gasteiger charge is -2.17. The van der Waals surface area contributed by atoms with E-state index in [0.29, 0.717) is 18.7 Å². The second-order valence-electron chi connectivity index (χ2n) is 6.26. The van der Waals surface area contributed by atoms with Gasteiger partial charge >= 0.3 is 0 Å². The standard InChI is InChI=1S/C21H19BrFN3O3/c1-2-18(21(28)24-13-14-4-3-5-15(22)12-14)29-19-10-11-20(27)26(25-19)17-8-6-16(23)7-9-17/h3-12,18H,2,13H2,1H3,(H,24,28). The van der Waals surface area contributed by atoms with Crippen LogP contribution in [0.25, 0.3) is 5.69 Å². The van der Waals surface area contributed by atoms with Crippen LogP contribution in [0.15, 0.2) is 69.9 Å². The van der Waals surface area contributed by atoms with Gasteiger partial charge in [0.2, 0.25) is 5.88 Å². The van der Waals surface area contributed by atoms with Crippen molar-refractivity contribution < 1.29 is 13.9 Å². The van der Waals surface area contributed by atoms with Crippen molar-refractivity contribution in [3.8, 4) is 11.6 Å². The number of benzene rings is 2. The van der Waals surface area contributed by atoms with E-state index >= 15 is 0 Å². The number of ether oxygens (including phenoxy) is 1. The molecule has 0 spiro atoms. The predicted molar refractivity (Wildman–Crippen MR) is 110 cm³/mol. The Hall–Kier alpha value is -3.00. The Balaban J connectivity index is 1.71. The highest BCUT2D eigenvalue weighted by molar-refractivity contribution is 9.10. The lowest BCUT2D eigenvalue weighted by atomic mass is 10.2. The zero-order valence-corrected chi connectivity index (χ0v) is 17.2. The number of hydrogen-bond donors (Lipinski definition) is 1. The van der Waals surface area contributed by atoms with Gasteiger partial charge < -0.3 is 10.1 Å². The van der Waals surface area contributed by atoms with Gasteiger partial charge in [0.25, 0.3) is 11.5 Å². The second kappa shape index (κ2) is 9.47. The Morgan fingerprint density at radius 3 is 2.66 bits per heavy atom. The molecule has 2 aromatic carbocycles. The van der Waals surface area contributed by atoms with E-state index in [1.807, 2.05) is 31.2 Å². The van der Waals surface area contributed by atoms with E-state index in [-0.39, 0.29) is 11.8 Å². The number of nitrogens with one attached hydrogen (secondary N) is 1. The van der Waals surface area contributed by atoms with Crippen molar-refractivity contribution in [2.24, 2.45) is 0 Å². The third kappa shape index (κ3) is 5.51. The van der Waals surface area contributed by atoms with Crippen LogP contribution in [0.1, 0.15) is 18.9 Å². The molecule has 0 saturated carbocycles. The van der Waals surface area contributed by atoms with Crippen LogP contribution in [-0.2, 0) is 11.3 Å². The van der Waals surface area contributed by atoms with E-state index in [1.165, 1.54) is 36.4 Å². The molecular weight excluding hydrogens is 441 g/mol. The molecule has 8 heteroatoms. The molecule has 0 saturated heterocycles. The largest absolute Gasteiger partial charge is 0.463 e. The third-order valence-corrected chi connectivity index (χ3v) is 4.62. The van der Waals surface area contributed by atoms with Gasteiger partial charge in [-0.05, 0) is 48.4 Å². The summed E-state index contributed by atoms with van der Waals surface area (Å²) >= 11 is 3.40. The summed E-state index contributed by atoms with van der Waals surface area (Å²) in [5.74, 6) is -0.574. The minimum Gasteiger partial charge on any atom is -0.463 e. The van der Waals surface area contributed by atoms with Crippen molar-refractivity contribution in [3.05, 3.63) is 86.9 Å². The minimum atomic E-state index is -0.770. The lowest BCUT2D eigenvalue weighted by Crippen LogP contribution is -2.38. The summed E-state index contributed by atoms with van der Waals surface area (Å²) in [6, 6.07) is 15.7. The van der Waals surface area contributed by atoms with E-state index in [2.05, 4.69) is 26.3 Å². The summed E-state index contributed by atoms with van der Waals surface area (Å²) in [4.78, 5) is 24.6. The van der Waals surface area contributed by atoms with Crippen molar-refractivity contribution in [2.45, 2.75) is 26.0 Å². The van der Waals surface area contributed by atoms with Gasteiger partial charge in [-0.1, -0.05) is 35.0 Å². The van der Waals surface area contributed by atoms with Gasteiger partial charge in [-0.15, -0.1) is 5.10 Å². The van der Waals surface area contributed by atoms with E-state index in [0.717, 1.165) is 14.7 Å². The van der Waals surface area contributed by atoms with Gasteiger partial charge in [0.05, 0.1) is 5.69 Å². The highest BCUT2D eigenvalue weighted by atomic mass is 79.9. The summed E-state index contributed by atoms with van der Waals surface area (Å²) in [5, 5.41) is 6.98. The van der Waals surface area contributed by atoms with Crippen LogP contribution in [0, 0.1) is 5.82 Å². The zero-order chi connectivity index (χ0) is 20.8. The maximum absolute atomic E-state index is 13.1. The van der Waals surface area contributed by atoms with Crippen LogP contribution >= 0.6 is 15.9 Å². The molecule has 0 radical (unpaired) electrons. The van der Waals surface area contributed by atoms with E-state index in [9.17, 15) is 14.0 Å². The number of halogens is 2. The van der Waals surface area contributed by atoms with Crippen molar-refractivity contribution in [2.75, 3.05) is 0 Å². The molecule has 6 nitrogen and oxygen atoms in total. The SMILES string of the molecule is CCC(Oc1ccc(=O)n(-c2ccc(F)cc2)n1)C(=O)NCc1cccc(Br)c1. The van der Waals surface area contributed by atoms with Gasteiger partial charge in [-0.3, -0.25) is 9.59 Å². The number of nitrogens with zero attached hydrogens (tertiary/aromatic N) is 2.